The summed E-state index contributed by atoms with van der Waals surface area (Å²) in [6, 6.07) is 10.2. The molecule has 0 saturated heterocycles. The maximum atomic E-state index is 13.8. The van der Waals surface area contributed by atoms with Crippen molar-refractivity contribution < 1.29 is 4.74 Å². The molecule has 1 aromatic carbocycles. The van der Waals surface area contributed by atoms with Gasteiger partial charge in [0.05, 0.1) is 24.6 Å². The van der Waals surface area contributed by atoms with Crippen molar-refractivity contribution in [1.82, 2.24) is 9.55 Å². The monoisotopic (exact) mass is 456 g/mol. The number of ether oxygens (including phenoxy) is 1. The molecule has 0 unspecified atom stereocenters. The highest BCUT2D eigenvalue weighted by Crippen LogP contribution is 2.36. The second-order valence-corrected chi connectivity index (χ2v) is 10.8. The number of fused-ring (bicyclic) bond motifs is 3. The molecule has 1 atom stereocenters. The van der Waals surface area contributed by atoms with Crippen LogP contribution >= 0.6 is 23.1 Å². The topological polar surface area (TPSA) is 44.1 Å². The van der Waals surface area contributed by atoms with Crippen LogP contribution in [0.2, 0.25) is 0 Å². The van der Waals surface area contributed by atoms with E-state index in [1.54, 1.807) is 23.1 Å². The Bertz CT molecular complexity index is 1070. The fourth-order valence-corrected chi connectivity index (χ4v) is 6.24. The van der Waals surface area contributed by atoms with Gasteiger partial charge < -0.3 is 4.74 Å². The third-order valence-electron chi connectivity index (χ3n) is 5.95. The van der Waals surface area contributed by atoms with Gasteiger partial charge in [-0.1, -0.05) is 82.1 Å². The zero-order chi connectivity index (χ0) is 21.8. The Kier molecular flexibility index (Phi) is 7.51. The number of nitrogens with zero attached hydrogens (tertiary/aromatic N) is 2. The molecule has 31 heavy (non-hydrogen) atoms. The van der Waals surface area contributed by atoms with E-state index in [9.17, 15) is 4.79 Å². The zero-order valence-corrected chi connectivity index (χ0v) is 20.4. The Balaban J connectivity index is 1.73. The first kappa shape index (κ1) is 22.6. The summed E-state index contributed by atoms with van der Waals surface area (Å²) in [4.78, 5) is 20.8. The Morgan fingerprint density at radius 2 is 2.03 bits per heavy atom. The summed E-state index contributed by atoms with van der Waals surface area (Å²) in [6.45, 7) is 7.75. The zero-order valence-electron chi connectivity index (χ0n) is 18.7. The smallest absolute Gasteiger partial charge is 0.263 e. The van der Waals surface area contributed by atoms with Crippen LogP contribution in [0.15, 0.2) is 40.3 Å². The molecule has 3 aromatic rings. The molecule has 2 aromatic heterocycles. The molecule has 166 valence electrons. The predicted octanol–water partition coefficient (Wildman–Crippen LogP) is 6.28. The third-order valence-corrected chi connectivity index (χ3v) is 8.11. The molecule has 0 fully saturated rings. The van der Waals surface area contributed by atoms with Crippen LogP contribution in [0.25, 0.3) is 10.2 Å². The standard InChI is InChI=1S/C25H32N2O2S2/c1-4-5-6-10-13-30-25-26-23-22(19-14-20(17(2)3)29-16-21(19)31-23)24(28)27(25)15-18-11-8-7-9-12-18/h7-9,11-12,17,20H,4-6,10,13-16H2,1-3H3/t20-/m1/s1. The van der Waals surface area contributed by atoms with Crippen molar-refractivity contribution in [1.29, 1.82) is 0 Å². The molecular weight excluding hydrogens is 424 g/mol. The summed E-state index contributed by atoms with van der Waals surface area (Å²) in [7, 11) is 0. The van der Waals surface area contributed by atoms with E-state index in [-0.39, 0.29) is 11.7 Å². The van der Waals surface area contributed by atoms with Gasteiger partial charge in [-0.15, -0.1) is 11.3 Å². The summed E-state index contributed by atoms with van der Waals surface area (Å²) in [5, 5.41) is 1.66. The molecular formula is C25H32N2O2S2. The minimum atomic E-state index is 0.104. The Morgan fingerprint density at radius 3 is 2.77 bits per heavy atom. The third kappa shape index (κ3) is 5.07. The lowest BCUT2D eigenvalue weighted by Crippen LogP contribution is -2.28. The Labute approximate surface area is 193 Å². The van der Waals surface area contributed by atoms with Gasteiger partial charge in [0.15, 0.2) is 5.16 Å². The van der Waals surface area contributed by atoms with Gasteiger partial charge in [-0.2, -0.15) is 0 Å². The molecule has 0 N–H and O–H groups in total. The molecule has 1 aliphatic heterocycles. The van der Waals surface area contributed by atoms with Gasteiger partial charge in [0.25, 0.3) is 5.56 Å². The van der Waals surface area contributed by atoms with Crippen LogP contribution in [0.1, 0.15) is 62.5 Å². The average Bonchev–Trinajstić information content (AvgIpc) is 3.14. The Hall–Kier alpha value is -1.63. The van der Waals surface area contributed by atoms with E-state index in [1.165, 1.54) is 29.7 Å². The van der Waals surface area contributed by atoms with Crippen LogP contribution in [-0.2, 0) is 24.3 Å². The van der Waals surface area contributed by atoms with Crippen LogP contribution < -0.4 is 5.56 Å². The lowest BCUT2D eigenvalue weighted by Gasteiger charge is -2.26. The lowest BCUT2D eigenvalue weighted by molar-refractivity contribution is 0.00200. The summed E-state index contributed by atoms with van der Waals surface area (Å²) in [5.41, 5.74) is 2.40. The van der Waals surface area contributed by atoms with Crippen molar-refractivity contribution in [2.75, 3.05) is 5.75 Å². The fourth-order valence-electron chi connectivity index (χ4n) is 4.08. The molecule has 6 heteroatoms. The molecule has 3 heterocycles. The molecule has 0 saturated carbocycles. The average molecular weight is 457 g/mol. The normalized spacial score (nSPS) is 16.2. The van der Waals surface area contributed by atoms with Crippen molar-refractivity contribution in [3.8, 4) is 0 Å². The number of hydrogen-bond donors (Lipinski definition) is 0. The van der Waals surface area contributed by atoms with Gasteiger partial charge in [-0.3, -0.25) is 9.36 Å². The predicted molar refractivity (Wildman–Crippen MR) is 131 cm³/mol. The maximum absolute atomic E-state index is 13.8. The fraction of sp³-hybridized carbons (Fsp3) is 0.520. The molecule has 0 amide bonds. The van der Waals surface area contributed by atoms with Crippen molar-refractivity contribution in [2.45, 2.75) is 77.3 Å². The highest BCUT2D eigenvalue weighted by Gasteiger charge is 2.28. The van der Waals surface area contributed by atoms with Crippen LogP contribution in [0.3, 0.4) is 0 Å². The van der Waals surface area contributed by atoms with Crippen molar-refractivity contribution in [2.24, 2.45) is 5.92 Å². The number of hydrogen-bond acceptors (Lipinski definition) is 5. The first-order valence-electron chi connectivity index (χ1n) is 11.4. The van der Waals surface area contributed by atoms with Gasteiger partial charge in [0.1, 0.15) is 4.83 Å². The van der Waals surface area contributed by atoms with Crippen LogP contribution in [0.5, 0.6) is 0 Å². The number of rotatable bonds is 9. The molecule has 0 aliphatic carbocycles. The van der Waals surface area contributed by atoms with Gasteiger partial charge in [-0.25, -0.2) is 4.98 Å². The summed E-state index contributed by atoms with van der Waals surface area (Å²) in [6.07, 6.45) is 5.85. The van der Waals surface area contributed by atoms with Crippen LogP contribution in [0.4, 0.5) is 0 Å². The van der Waals surface area contributed by atoms with E-state index in [0.717, 1.165) is 39.5 Å². The molecule has 1 aliphatic rings. The largest absolute Gasteiger partial charge is 0.372 e. The van der Waals surface area contributed by atoms with E-state index in [1.807, 2.05) is 22.8 Å². The molecule has 4 nitrogen and oxygen atoms in total. The number of thioether (sulfide) groups is 1. The second kappa shape index (κ2) is 10.3. The van der Waals surface area contributed by atoms with E-state index < -0.39 is 0 Å². The highest BCUT2D eigenvalue weighted by atomic mass is 32.2. The van der Waals surface area contributed by atoms with Gasteiger partial charge >= 0.3 is 0 Å². The number of aromatic nitrogens is 2. The molecule has 0 bridgehead atoms. The van der Waals surface area contributed by atoms with E-state index in [4.69, 9.17) is 9.72 Å². The molecule has 4 rings (SSSR count). The maximum Gasteiger partial charge on any atom is 0.263 e. The van der Waals surface area contributed by atoms with E-state index in [2.05, 4.69) is 32.9 Å². The number of thiophene rings is 1. The SMILES string of the molecule is CCCCCCSc1nc2sc3c(c2c(=O)n1Cc1ccccc1)C[C@H](C(C)C)OC3. The van der Waals surface area contributed by atoms with Crippen molar-refractivity contribution in [3.05, 3.63) is 56.7 Å². The molecule has 0 radical (unpaired) electrons. The number of unbranched alkanes of at least 4 members (excludes halogenated alkanes) is 3. The van der Waals surface area contributed by atoms with Crippen LogP contribution in [-0.4, -0.2) is 21.4 Å². The first-order valence-corrected chi connectivity index (χ1v) is 13.2. The summed E-state index contributed by atoms with van der Waals surface area (Å²) < 4.78 is 7.96. The number of benzene rings is 1. The van der Waals surface area contributed by atoms with Crippen LogP contribution in [0, 0.1) is 5.92 Å². The Morgan fingerprint density at radius 1 is 1.23 bits per heavy atom. The highest BCUT2D eigenvalue weighted by molar-refractivity contribution is 7.99. The van der Waals surface area contributed by atoms with Crippen molar-refractivity contribution in [3.63, 3.8) is 0 Å². The van der Waals surface area contributed by atoms with E-state index >= 15 is 0 Å². The second-order valence-electron chi connectivity index (χ2n) is 8.66. The van der Waals surface area contributed by atoms with Gasteiger partial charge in [-0.05, 0) is 23.5 Å². The molecule has 0 spiro atoms. The lowest BCUT2D eigenvalue weighted by atomic mass is 9.96. The van der Waals surface area contributed by atoms with E-state index in [0.29, 0.717) is 19.1 Å². The van der Waals surface area contributed by atoms with Gasteiger partial charge in [0.2, 0.25) is 0 Å². The summed E-state index contributed by atoms with van der Waals surface area (Å²) in [5.74, 6) is 1.43. The summed E-state index contributed by atoms with van der Waals surface area (Å²) >= 11 is 3.37. The van der Waals surface area contributed by atoms with Crippen molar-refractivity contribution >= 4 is 33.3 Å². The quantitative estimate of drug-likeness (QED) is 0.216. The minimum Gasteiger partial charge on any atom is -0.372 e. The first-order chi connectivity index (χ1) is 15.1. The van der Waals surface area contributed by atoms with Gasteiger partial charge in [0, 0.05) is 17.1 Å². The minimum absolute atomic E-state index is 0.104.